The number of aryl methyl sites for hydroxylation is 3. The van der Waals surface area contributed by atoms with E-state index in [4.69, 9.17) is 14.2 Å². The smallest absolute Gasteiger partial charge is 0.293 e. The lowest BCUT2D eigenvalue weighted by molar-refractivity contribution is -0.123. The third kappa shape index (κ3) is 7.24. The number of ether oxygens (including phenoxy) is 3. The fraction of sp³-hybridized carbons (Fsp3) is 0.258. The molecule has 40 heavy (non-hydrogen) atoms. The zero-order chi connectivity index (χ0) is 28.6. The van der Waals surface area contributed by atoms with E-state index >= 15 is 0 Å². The van der Waals surface area contributed by atoms with Crippen molar-refractivity contribution in [3.8, 4) is 17.2 Å². The van der Waals surface area contributed by atoms with Crippen molar-refractivity contribution in [2.45, 2.75) is 27.7 Å². The summed E-state index contributed by atoms with van der Waals surface area (Å²) in [6.07, 6.45) is 1.65. The van der Waals surface area contributed by atoms with Gasteiger partial charge in [0.05, 0.1) is 18.1 Å². The zero-order valence-corrected chi connectivity index (χ0v) is 23.8. The Morgan fingerprint density at radius 1 is 0.900 bits per heavy atom. The third-order valence-electron chi connectivity index (χ3n) is 6.13. The molecule has 0 bridgehead atoms. The highest BCUT2D eigenvalue weighted by atomic mass is 32.2. The summed E-state index contributed by atoms with van der Waals surface area (Å²) in [5.41, 5.74) is 4.40. The normalized spacial score (nSPS) is 14.0. The number of thioether (sulfide) groups is 1. The SMILES string of the molecule is CCOc1cc(/C=C2\SC(=O)N(CCOc3cc(C)ccc3C)C2=O)ccc1OCC(=O)Nc1ccccc1C. The van der Waals surface area contributed by atoms with Crippen LogP contribution >= 0.6 is 11.8 Å². The number of carbonyl (C=O) groups is 3. The van der Waals surface area contributed by atoms with Gasteiger partial charge in [0.2, 0.25) is 0 Å². The number of hydrogen-bond donors (Lipinski definition) is 1. The molecule has 8 nitrogen and oxygen atoms in total. The third-order valence-corrected chi connectivity index (χ3v) is 7.04. The van der Waals surface area contributed by atoms with Crippen LogP contribution < -0.4 is 19.5 Å². The van der Waals surface area contributed by atoms with Gasteiger partial charge in [0.1, 0.15) is 12.4 Å². The Bertz CT molecular complexity index is 1450. The van der Waals surface area contributed by atoms with Crippen LogP contribution in [0.3, 0.4) is 0 Å². The highest BCUT2D eigenvalue weighted by molar-refractivity contribution is 8.18. The predicted octanol–water partition coefficient (Wildman–Crippen LogP) is 6.14. The van der Waals surface area contributed by atoms with Gasteiger partial charge in [0.25, 0.3) is 17.1 Å². The first-order chi connectivity index (χ1) is 19.2. The van der Waals surface area contributed by atoms with Gasteiger partial charge in [-0.1, -0.05) is 36.4 Å². The van der Waals surface area contributed by atoms with Crippen LogP contribution in [-0.4, -0.2) is 48.3 Å². The zero-order valence-electron chi connectivity index (χ0n) is 23.0. The molecule has 0 aromatic heterocycles. The topological polar surface area (TPSA) is 94.2 Å². The van der Waals surface area contributed by atoms with Crippen LogP contribution in [0.25, 0.3) is 6.08 Å². The molecule has 1 N–H and O–H groups in total. The molecule has 0 saturated carbocycles. The standard InChI is InChI=1S/C31H32N2O6S/c1-5-37-27-17-23(12-13-25(27)39-19-29(34)32-24-9-7-6-8-21(24)3)18-28-30(35)33(31(36)40-28)14-15-38-26-16-20(2)10-11-22(26)4/h6-13,16-18H,5,14-15,19H2,1-4H3,(H,32,34)/b28-18-. The van der Waals surface area contributed by atoms with Crippen molar-refractivity contribution >= 4 is 40.6 Å². The van der Waals surface area contributed by atoms with Crippen molar-refractivity contribution in [2.75, 3.05) is 31.7 Å². The summed E-state index contributed by atoms with van der Waals surface area (Å²) >= 11 is 0.886. The summed E-state index contributed by atoms with van der Waals surface area (Å²) in [7, 11) is 0. The lowest BCUT2D eigenvalue weighted by Gasteiger charge is -2.15. The molecule has 0 unspecified atom stereocenters. The molecular formula is C31H32N2O6S. The summed E-state index contributed by atoms with van der Waals surface area (Å²) in [4.78, 5) is 39.5. The van der Waals surface area contributed by atoms with Gasteiger partial charge in [-0.2, -0.15) is 0 Å². The van der Waals surface area contributed by atoms with Crippen molar-refractivity contribution in [1.82, 2.24) is 4.90 Å². The minimum absolute atomic E-state index is 0.150. The maximum absolute atomic E-state index is 13.0. The molecular weight excluding hydrogens is 528 g/mol. The highest BCUT2D eigenvalue weighted by Gasteiger charge is 2.34. The van der Waals surface area contributed by atoms with Gasteiger partial charge in [0, 0.05) is 5.69 Å². The monoisotopic (exact) mass is 560 g/mol. The van der Waals surface area contributed by atoms with E-state index in [9.17, 15) is 14.4 Å². The van der Waals surface area contributed by atoms with E-state index in [0.29, 0.717) is 28.6 Å². The molecule has 0 atom stereocenters. The van der Waals surface area contributed by atoms with Crippen LogP contribution in [0.15, 0.2) is 65.6 Å². The van der Waals surface area contributed by atoms with Crippen LogP contribution in [0, 0.1) is 20.8 Å². The molecule has 3 aromatic carbocycles. The van der Waals surface area contributed by atoms with Gasteiger partial charge < -0.3 is 19.5 Å². The molecule has 0 spiro atoms. The molecule has 1 fully saturated rings. The average Bonchev–Trinajstić information content (AvgIpc) is 3.19. The Morgan fingerprint density at radius 2 is 1.70 bits per heavy atom. The molecule has 1 aliphatic heterocycles. The molecule has 1 heterocycles. The number of nitrogens with zero attached hydrogens (tertiary/aromatic N) is 1. The number of imide groups is 1. The van der Waals surface area contributed by atoms with Crippen LogP contribution in [0.4, 0.5) is 10.5 Å². The van der Waals surface area contributed by atoms with Crippen molar-refractivity contribution in [3.63, 3.8) is 0 Å². The molecule has 3 aromatic rings. The van der Waals surface area contributed by atoms with Crippen LogP contribution in [0.2, 0.25) is 0 Å². The molecule has 4 rings (SSSR count). The van der Waals surface area contributed by atoms with Gasteiger partial charge in [-0.15, -0.1) is 0 Å². The first-order valence-corrected chi connectivity index (χ1v) is 13.8. The number of benzene rings is 3. The van der Waals surface area contributed by atoms with Gasteiger partial charge in [-0.05, 0) is 92.1 Å². The van der Waals surface area contributed by atoms with Crippen molar-refractivity contribution < 1.29 is 28.6 Å². The molecule has 1 saturated heterocycles. The first-order valence-electron chi connectivity index (χ1n) is 13.0. The number of nitrogens with one attached hydrogen (secondary N) is 1. The maximum Gasteiger partial charge on any atom is 0.293 e. The summed E-state index contributed by atoms with van der Waals surface area (Å²) < 4.78 is 17.3. The van der Waals surface area contributed by atoms with Crippen LogP contribution in [-0.2, 0) is 9.59 Å². The van der Waals surface area contributed by atoms with Gasteiger partial charge in [0.15, 0.2) is 18.1 Å². The molecule has 208 valence electrons. The predicted molar refractivity (Wildman–Crippen MR) is 157 cm³/mol. The van der Waals surface area contributed by atoms with Crippen molar-refractivity contribution in [2.24, 2.45) is 0 Å². The van der Waals surface area contributed by atoms with Gasteiger partial charge >= 0.3 is 0 Å². The van der Waals surface area contributed by atoms with Crippen LogP contribution in [0.1, 0.15) is 29.2 Å². The van der Waals surface area contributed by atoms with Crippen LogP contribution in [0.5, 0.6) is 17.2 Å². The second-order valence-electron chi connectivity index (χ2n) is 9.24. The minimum Gasteiger partial charge on any atom is -0.491 e. The van der Waals surface area contributed by atoms with E-state index in [1.807, 2.05) is 70.2 Å². The number of amides is 3. The Kier molecular flexibility index (Phi) is 9.50. The fourth-order valence-corrected chi connectivity index (χ4v) is 4.86. The summed E-state index contributed by atoms with van der Waals surface area (Å²) in [5.74, 6) is 0.902. The molecule has 3 amide bonds. The second kappa shape index (κ2) is 13.2. The molecule has 0 aliphatic carbocycles. The van der Waals surface area contributed by atoms with E-state index in [2.05, 4.69) is 5.32 Å². The molecule has 9 heteroatoms. The summed E-state index contributed by atoms with van der Waals surface area (Å²) in [6.45, 7) is 8.22. The van der Waals surface area contributed by atoms with E-state index in [0.717, 1.165) is 39.9 Å². The highest BCUT2D eigenvalue weighted by Crippen LogP contribution is 2.35. The lowest BCUT2D eigenvalue weighted by atomic mass is 10.1. The quantitative estimate of drug-likeness (QED) is 0.281. The Balaban J connectivity index is 1.39. The minimum atomic E-state index is -0.370. The summed E-state index contributed by atoms with van der Waals surface area (Å²) in [5, 5.41) is 2.49. The van der Waals surface area contributed by atoms with Crippen molar-refractivity contribution in [1.29, 1.82) is 0 Å². The van der Waals surface area contributed by atoms with E-state index < -0.39 is 0 Å². The van der Waals surface area contributed by atoms with E-state index in [-0.39, 0.29) is 36.8 Å². The van der Waals surface area contributed by atoms with Gasteiger partial charge in [-0.3, -0.25) is 19.3 Å². The fourth-order valence-electron chi connectivity index (χ4n) is 4.00. The van der Waals surface area contributed by atoms with Gasteiger partial charge in [-0.25, -0.2) is 0 Å². The number of carbonyl (C=O) groups excluding carboxylic acids is 3. The molecule has 0 radical (unpaired) electrons. The lowest BCUT2D eigenvalue weighted by Crippen LogP contribution is -2.32. The Morgan fingerprint density at radius 3 is 2.48 bits per heavy atom. The second-order valence-corrected chi connectivity index (χ2v) is 10.2. The largest absolute Gasteiger partial charge is 0.491 e. The Labute approximate surface area is 238 Å². The summed E-state index contributed by atoms with van der Waals surface area (Å²) in [6, 6.07) is 18.5. The maximum atomic E-state index is 13.0. The Hall–Kier alpha value is -4.24. The molecule has 1 aliphatic rings. The number of anilines is 1. The number of rotatable bonds is 11. The van der Waals surface area contributed by atoms with E-state index in [1.165, 1.54) is 4.90 Å². The number of hydrogen-bond acceptors (Lipinski definition) is 7. The van der Waals surface area contributed by atoms with E-state index in [1.54, 1.807) is 24.3 Å². The average molecular weight is 561 g/mol. The van der Waals surface area contributed by atoms with Crippen molar-refractivity contribution in [3.05, 3.63) is 87.8 Å². The first kappa shape index (κ1) is 28.8. The number of para-hydroxylation sites is 1.